The molecule has 1 fully saturated rings. The summed E-state index contributed by atoms with van der Waals surface area (Å²) in [7, 11) is 0. The van der Waals surface area contributed by atoms with E-state index in [4.69, 9.17) is 31.8 Å². The third kappa shape index (κ3) is 3.21. The van der Waals surface area contributed by atoms with Crippen LogP contribution in [0.1, 0.15) is 17.4 Å². The average molecular weight is 285 g/mol. The van der Waals surface area contributed by atoms with E-state index in [0.29, 0.717) is 37.3 Å². The van der Waals surface area contributed by atoms with E-state index in [0.717, 1.165) is 0 Å². The average Bonchev–Trinajstić information content (AvgIpc) is 2.89. The highest BCUT2D eigenvalue weighted by Crippen LogP contribution is 2.17. The zero-order valence-corrected chi connectivity index (χ0v) is 11.3. The molecule has 1 aromatic heterocycles. The predicted molar refractivity (Wildman–Crippen MR) is 71.2 cm³/mol. The largest absolute Gasteiger partial charge is 0.461 e. The Morgan fingerprint density at radius 2 is 2.53 bits per heavy atom. The zero-order chi connectivity index (χ0) is 13.8. The number of oxazole rings is 1. The molecule has 1 atom stereocenters. The van der Waals surface area contributed by atoms with E-state index >= 15 is 0 Å². The first-order valence-electron chi connectivity index (χ1n) is 5.90. The molecule has 2 heterocycles. The lowest BCUT2D eigenvalue weighted by Crippen LogP contribution is -2.48. The fourth-order valence-electron chi connectivity index (χ4n) is 1.70. The first kappa shape index (κ1) is 13.8. The molecule has 2 N–H and O–H groups in total. The van der Waals surface area contributed by atoms with Gasteiger partial charge in [-0.2, -0.15) is 4.98 Å². The number of esters is 1. The molecule has 0 amide bonds. The van der Waals surface area contributed by atoms with E-state index in [1.54, 1.807) is 6.92 Å². The van der Waals surface area contributed by atoms with Crippen LogP contribution in [0, 0.1) is 0 Å². The zero-order valence-electron chi connectivity index (χ0n) is 10.5. The van der Waals surface area contributed by atoms with Crippen LogP contribution in [-0.2, 0) is 9.47 Å². The van der Waals surface area contributed by atoms with Crippen molar-refractivity contribution in [3.8, 4) is 0 Å². The number of rotatable bonds is 4. The Kier molecular flexibility index (Phi) is 4.33. The number of hydrogen-bond donors (Lipinski definition) is 1. The quantitative estimate of drug-likeness (QED) is 0.625. The summed E-state index contributed by atoms with van der Waals surface area (Å²) in [6.07, 6.45) is 0.945. The van der Waals surface area contributed by atoms with Gasteiger partial charge in [-0.3, -0.25) is 0 Å². The lowest BCUT2D eigenvalue weighted by atomic mass is 10.3. The van der Waals surface area contributed by atoms with Gasteiger partial charge in [0.1, 0.15) is 17.4 Å². The first-order valence-corrected chi connectivity index (χ1v) is 6.31. The SMILES string of the molecule is CCOC(=O)c1coc(N2CCOC(C(N)=S)C2)n1. The summed E-state index contributed by atoms with van der Waals surface area (Å²) < 4.78 is 15.5. The molecule has 19 heavy (non-hydrogen) atoms. The predicted octanol–water partition coefficient (Wildman–Crippen LogP) is 0.343. The second kappa shape index (κ2) is 5.98. The van der Waals surface area contributed by atoms with Crippen LogP contribution < -0.4 is 10.6 Å². The van der Waals surface area contributed by atoms with E-state index in [-0.39, 0.29) is 11.8 Å². The van der Waals surface area contributed by atoms with Crippen molar-refractivity contribution in [2.45, 2.75) is 13.0 Å². The molecular weight excluding hydrogens is 270 g/mol. The van der Waals surface area contributed by atoms with Gasteiger partial charge >= 0.3 is 5.97 Å². The van der Waals surface area contributed by atoms with Gasteiger partial charge in [0.25, 0.3) is 6.01 Å². The third-order valence-electron chi connectivity index (χ3n) is 2.63. The maximum absolute atomic E-state index is 11.5. The molecule has 104 valence electrons. The van der Waals surface area contributed by atoms with Gasteiger partial charge in [0.2, 0.25) is 0 Å². The van der Waals surface area contributed by atoms with E-state index in [1.807, 2.05) is 4.90 Å². The molecule has 8 heteroatoms. The molecule has 1 unspecified atom stereocenters. The van der Waals surface area contributed by atoms with Crippen molar-refractivity contribution in [1.82, 2.24) is 4.98 Å². The van der Waals surface area contributed by atoms with E-state index in [2.05, 4.69) is 4.98 Å². The lowest BCUT2D eigenvalue weighted by molar-refractivity contribution is 0.0519. The van der Waals surface area contributed by atoms with Crippen molar-refractivity contribution in [3.05, 3.63) is 12.0 Å². The van der Waals surface area contributed by atoms with Crippen molar-refractivity contribution in [1.29, 1.82) is 0 Å². The molecule has 7 nitrogen and oxygen atoms in total. The van der Waals surface area contributed by atoms with Gasteiger partial charge < -0.3 is 24.5 Å². The second-order valence-corrected chi connectivity index (χ2v) is 4.42. The molecule has 0 radical (unpaired) electrons. The molecular formula is C11H15N3O4S. The number of anilines is 1. The minimum Gasteiger partial charge on any atom is -0.461 e. The Morgan fingerprint density at radius 3 is 3.21 bits per heavy atom. The molecule has 1 aromatic rings. The van der Waals surface area contributed by atoms with Crippen LogP contribution in [0.2, 0.25) is 0 Å². The Hall–Kier alpha value is -1.67. The number of ether oxygens (including phenoxy) is 2. The summed E-state index contributed by atoms with van der Waals surface area (Å²) in [5.74, 6) is -0.503. The summed E-state index contributed by atoms with van der Waals surface area (Å²) >= 11 is 4.90. The lowest BCUT2D eigenvalue weighted by Gasteiger charge is -2.31. The van der Waals surface area contributed by atoms with Crippen molar-refractivity contribution >= 4 is 29.2 Å². The van der Waals surface area contributed by atoms with Crippen LogP contribution in [0.5, 0.6) is 0 Å². The number of aromatic nitrogens is 1. The number of hydrogen-bond acceptors (Lipinski definition) is 7. The Balaban J connectivity index is 2.05. The molecule has 2 rings (SSSR count). The first-order chi connectivity index (χ1) is 9.11. The molecule has 0 saturated carbocycles. The molecule has 1 aliphatic rings. The molecule has 1 aliphatic heterocycles. The minimum absolute atomic E-state index is 0.148. The highest BCUT2D eigenvalue weighted by atomic mass is 32.1. The summed E-state index contributed by atoms with van der Waals surface area (Å²) in [5.41, 5.74) is 5.70. The standard InChI is InChI=1S/C11H15N3O4S/c1-2-16-10(15)7-6-18-11(13-7)14-3-4-17-8(5-14)9(12)19/h6,8H,2-5H2,1H3,(H2,12,19). The van der Waals surface area contributed by atoms with Crippen LogP contribution in [0.4, 0.5) is 6.01 Å². The summed E-state index contributed by atoms with van der Waals surface area (Å²) in [4.78, 5) is 17.7. The fraction of sp³-hybridized carbons (Fsp3) is 0.545. The summed E-state index contributed by atoms with van der Waals surface area (Å²) in [5, 5.41) is 0. The van der Waals surface area contributed by atoms with Crippen LogP contribution in [0.3, 0.4) is 0 Å². The van der Waals surface area contributed by atoms with Gasteiger partial charge in [-0.1, -0.05) is 12.2 Å². The molecule has 1 saturated heterocycles. The Morgan fingerprint density at radius 1 is 1.74 bits per heavy atom. The fourth-order valence-corrected chi connectivity index (χ4v) is 1.85. The number of thiocarbonyl (C=S) groups is 1. The molecule has 0 spiro atoms. The van der Waals surface area contributed by atoms with Crippen molar-refractivity contribution in [3.63, 3.8) is 0 Å². The van der Waals surface area contributed by atoms with Crippen LogP contribution in [0.15, 0.2) is 10.7 Å². The van der Waals surface area contributed by atoms with Gasteiger partial charge in [-0.15, -0.1) is 0 Å². The summed E-state index contributed by atoms with van der Waals surface area (Å²) in [6, 6.07) is 0.340. The van der Waals surface area contributed by atoms with E-state index in [9.17, 15) is 4.79 Å². The van der Waals surface area contributed by atoms with Gasteiger partial charge in [0.15, 0.2) is 5.69 Å². The molecule has 0 aliphatic carbocycles. The Bertz CT molecular complexity index is 476. The van der Waals surface area contributed by atoms with E-state index < -0.39 is 5.97 Å². The molecule has 0 bridgehead atoms. The smallest absolute Gasteiger partial charge is 0.360 e. The molecule has 0 aromatic carbocycles. The van der Waals surface area contributed by atoms with Crippen molar-refractivity contribution in [2.24, 2.45) is 5.73 Å². The number of carbonyl (C=O) groups excluding carboxylic acids is 1. The number of nitrogens with zero attached hydrogens (tertiary/aromatic N) is 2. The highest BCUT2D eigenvalue weighted by molar-refractivity contribution is 7.80. The number of carbonyl (C=O) groups is 1. The topological polar surface area (TPSA) is 90.8 Å². The number of nitrogens with two attached hydrogens (primary N) is 1. The maximum atomic E-state index is 11.5. The minimum atomic E-state index is -0.503. The Labute approximate surface area is 115 Å². The highest BCUT2D eigenvalue weighted by Gasteiger charge is 2.26. The van der Waals surface area contributed by atoms with Crippen molar-refractivity contribution in [2.75, 3.05) is 31.2 Å². The monoisotopic (exact) mass is 285 g/mol. The van der Waals surface area contributed by atoms with Gasteiger partial charge in [-0.05, 0) is 6.92 Å². The van der Waals surface area contributed by atoms with Crippen LogP contribution >= 0.6 is 12.2 Å². The normalized spacial score (nSPS) is 19.2. The van der Waals surface area contributed by atoms with Gasteiger partial charge in [0, 0.05) is 6.54 Å². The third-order valence-corrected chi connectivity index (χ3v) is 2.89. The van der Waals surface area contributed by atoms with E-state index in [1.165, 1.54) is 6.26 Å². The van der Waals surface area contributed by atoms with Crippen molar-refractivity contribution < 1.29 is 18.7 Å². The number of morpholine rings is 1. The summed E-state index contributed by atoms with van der Waals surface area (Å²) in [6.45, 7) is 3.55. The maximum Gasteiger partial charge on any atom is 0.360 e. The van der Waals surface area contributed by atoms with Crippen LogP contribution in [0.25, 0.3) is 0 Å². The second-order valence-electron chi connectivity index (χ2n) is 3.94. The van der Waals surface area contributed by atoms with Gasteiger partial charge in [-0.25, -0.2) is 4.79 Å². The van der Waals surface area contributed by atoms with Crippen LogP contribution in [-0.4, -0.2) is 48.3 Å². The van der Waals surface area contributed by atoms with Gasteiger partial charge in [0.05, 0.1) is 19.8 Å².